The summed E-state index contributed by atoms with van der Waals surface area (Å²) in [5, 5.41) is 11.1. The Hall–Kier alpha value is -3.05. The third-order valence-electron chi connectivity index (χ3n) is 9.44. The molecule has 4 aliphatic rings. The van der Waals surface area contributed by atoms with Crippen LogP contribution in [0.3, 0.4) is 0 Å². The van der Waals surface area contributed by atoms with Crippen LogP contribution in [0.4, 0.5) is 0 Å². The lowest BCUT2D eigenvalue weighted by Gasteiger charge is -2.35. The van der Waals surface area contributed by atoms with Gasteiger partial charge in [-0.2, -0.15) is 0 Å². The molecule has 3 fully saturated rings. The molecule has 3 heterocycles. The van der Waals surface area contributed by atoms with Crippen LogP contribution in [0.5, 0.6) is 0 Å². The molecule has 1 N–H and O–H groups in total. The number of carboxylic acid groups (broad SMARTS) is 1. The van der Waals surface area contributed by atoms with Gasteiger partial charge >= 0.3 is 5.97 Å². The highest BCUT2D eigenvalue weighted by Gasteiger charge is 2.60. The third kappa shape index (κ3) is 3.21. The molecule has 5 nitrogen and oxygen atoms in total. The van der Waals surface area contributed by atoms with Crippen molar-refractivity contribution in [3.8, 4) is 11.3 Å². The van der Waals surface area contributed by atoms with Gasteiger partial charge in [0.1, 0.15) is 0 Å². The van der Waals surface area contributed by atoms with Crippen LogP contribution in [-0.2, 0) is 11.3 Å². The lowest BCUT2D eigenvalue weighted by Crippen LogP contribution is -2.39. The first-order valence-electron chi connectivity index (χ1n) is 13.6. The zero-order valence-electron chi connectivity index (χ0n) is 20.8. The van der Waals surface area contributed by atoms with Gasteiger partial charge in [0.15, 0.2) is 0 Å². The van der Waals surface area contributed by atoms with Gasteiger partial charge < -0.3 is 19.3 Å². The van der Waals surface area contributed by atoms with Gasteiger partial charge in [0.2, 0.25) is 0 Å². The average molecular weight is 483 g/mol. The fourth-order valence-corrected chi connectivity index (χ4v) is 7.51. The number of hydrogen-bond donors (Lipinski definition) is 1. The number of carbonyl (C=O) groups is 1. The molecule has 2 aliphatic carbocycles. The van der Waals surface area contributed by atoms with E-state index < -0.39 is 5.97 Å². The molecule has 1 aromatic heterocycles. The zero-order valence-corrected chi connectivity index (χ0v) is 20.8. The first-order chi connectivity index (χ1) is 17.6. The normalized spacial score (nSPS) is 25.6. The van der Waals surface area contributed by atoms with Gasteiger partial charge in [-0.05, 0) is 54.4 Å². The molecule has 186 valence electrons. The third-order valence-corrected chi connectivity index (χ3v) is 9.44. The molecule has 2 aromatic carbocycles. The Balaban J connectivity index is 1.47. The summed E-state index contributed by atoms with van der Waals surface area (Å²) in [5.41, 5.74) is 8.18. The number of morpholine rings is 1. The van der Waals surface area contributed by atoms with Gasteiger partial charge in [0, 0.05) is 47.2 Å². The summed E-state index contributed by atoms with van der Waals surface area (Å²) >= 11 is 0. The Morgan fingerprint density at radius 1 is 1.06 bits per heavy atom. The van der Waals surface area contributed by atoms with Gasteiger partial charge in [-0.1, -0.05) is 56.2 Å². The zero-order chi connectivity index (χ0) is 24.4. The number of nitrogens with zero attached hydrogens (tertiary/aromatic N) is 2. The van der Waals surface area contributed by atoms with Crippen molar-refractivity contribution in [3.05, 3.63) is 71.4 Å². The number of ether oxygens (including phenoxy) is 1. The first kappa shape index (κ1) is 22.2. The van der Waals surface area contributed by atoms with Crippen LogP contribution in [0.2, 0.25) is 0 Å². The van der Waals surface area contributed by atoms with E-state index in [-0.39, 0.29) is 5.41 Å². The van der Waals surface area contributed by atoms with Gasteiger partial charge in [0.05, 0.1) is 24.5 Å². The van der Waals surface area contributed by atoms with Gasteiger partial charge in [-0.25, -0.2) is 4.79 Å². The van der Waals surface area contributed by atoms with Crippen molar-refractivity contribution in [1.82, 2.24) is 9.47 Å². The molecule has 36 heavy (non-hydrogen) atoms. The Kier molecular flexibility index (Phi) is 5.07. The number of hydrogen-bond acceptors (Lipinski definition) is 3. The fraction of sp³-hybridized carbons (Fsp3) is 0.452. The van der Waals surface area contributed by atoms with Crippen LogP contribution < -0.4 is 0 Å². The maximum atomic E-state index is 12.0. The molecule has 2 saturated carbocycles. The fourth-order valence-electron chi connectivity index (χ4n) is 7.51. The van der Waals surface area contributed by atoms with E-state index in [1.165, 1.54) is 65.6 Å². The summed E-state index contributed by atoms with van der Waals surface area (Å²) < 4.78 is 8.13. The average Bonchev–Trinajstić information content (AvgIpc) is 3.59. The predicted octanol–water partition coefficient (Wildman–Crippen LogP) is 6.39. The molecule has 3 aromatic rings. The summed E-state index contributed by atoms with van der Waals surface area (Å²) in [4.78, 5) is 14.4. The first-order valence-corrected chi connectivity index (χ1v) is 13.6. The maximum absolute atomic E-state index is 12.0. The van der Waals surface area contributed by atoms with E-state index in [1.807, 2.05) is 6.07 Å². The summed E-state index contributed by atoms with van der Waals surface area (Å²) in [5.74, 6) is 0.104. The Morgan fingerprint density at radius 3 is 2.61 bits per heavy atom. The molecule has 7 rings (SSSR count). The highest BCUT2D eigenvalue weighted by atomic mass is 16.5. The van der Waals surface area contributed by atoms with E-state index in [4.69, 9.17) is 4.74 Å². The van der Waals surface area contributed by atoms with Crippen LogP contribution >= 0.6 is 0 Å². The largest absolute Gasteiger partial charge is 0.478 e. The van der Waals surface area contributed by atoms with E-state index >= 15 is 0 Å². The van der Waals surface area contributed by atoms with Crippen molar-refractivity contribution in [1.29, 1.82) is 0 Å². The minimum atomic E-state index is -0.863. The molecule has 2 aliphatic heterocycles. The molecule has 0 unspecified atom stereocenters. The van der Waals surface area contributed by atoms with E-state index in [1.54, 1.807) is 6.07 Å². The molecule has 2 atom stereocenters. The van der Waals surface area contributed by atoms with Crippen molar-refractivity contribution in [2.24, 2.45) is 5.41 Å². The van der Waals surface area contributed by atoms with E-state index in [9.17, 15) is 9.90 Å². The van der Waals surface area contributed by atoms with Gasteiger partial charge in [-0.3, -0.25) is 0 Å². The van der Waals surface area contributed by atoms with Gasteiger partial charge in [0.25, 0.3) is 0 Å². The second kappa shape index (κ2) is 8.24. The summed E-state index contributed by atoms with van der Waals surface area (Å²) in [6.45, 7) is 8.83. The molecule has 5 heteroatoms. The summed E-state index contributed by atoms with van der Waals surface area (Å²) in [6.07, 6.45) is 7.37. The quantitative estimate of drug-likeness (QED) is 0.468. The highest BCUT2D eigenvalue weighted by molar-refractivity contribution is 5.98. The smallest absolute Gasteiger partial charge is 0.335 e. The number of aromatic nitrogens is 1. The number of carboxylic acids is 1. The van der Waals surface area contributed by atoms with Crippen LogP contribution in [0.1, 0.15) is 71.8 Å². The molecular weight excluding hydrogens is 448 g/mol. The number of aromatic carboxylic acids is 1. The van der Waals surface area contributed by atoms with Crippen molar-refractivity contribution >= 4 is 16.9 Å². The van der Waals surface area contributed by atoms with Crippen LogP contribution in [-0.4, -0.2) is 46.8 Å². The topological polar surface area (TPSA) is 54.7 Å². The maximum Gasteiger partial charge on any atom is 0.335 e. The SMILES string of the molecule is C=C(N1CCOCC1)[C@]12C[C@H]1c1ccccc1-c1c(C3CCCCC3)c3ccc(C(=O)O)cc3n1C2. The molecule has 0 bridgehead atoms. The van der Waals surface area contributed by atoms with E-state index in [2.05, 4.69) is 46.4 Å². The summed E-state index contributed by atoms with van der Waals surface area (Å²) in [7, 11) is 0. The van der Waals surface area contributed by atoms with Gasteiger partial charge in [-0.15, -0.1) is 0 Å². The van der Waals surface area contributed by atoms with E-state index in [0.717, 1.165) is 44.8 Å². The monoisotopic (exact) mass is 482 g/mol. The Labute approximate surface area is 212 Å². The minimum absolute atomic E-state index is 0.0340. The van der Waals surface area contributed by atoms with Crippen molar-refractivity contribution in [3.63, 3.8) is 0 Å². The van der Waals surface area contributed by atoms with Crippen LogP contribution in [0, 0.1) is 5.41 Å². The molecule has 0 radical (unpaired) electrons. The lowest BCUT2D eigenvalue weighted by molar-refractivity contribution is 0.0465. The lowest BCUT2D eigenvalue weighted by atomic mass is 9.81. The Bertz CT molecular complexity index is 1380. The second-order valence-electron chi connectivity index (χ2n) is 11.3. The second-order valence-corrected chi connectivity index (χ2v) is 11.3. The van der Waals surface area contributed by atoms with Crippen molar-refractivity contribution < 1.29 is 14.6 Å². The standard InChI is InChI=1S/C31H34N2O3/c1-20(32-13-15-36-16-14-32)31-18-26(31)23-9-5-6-10-24(23)29-28(21-7-3-2-4-8-21)25-12-11-22(30(34)35)17-27(25)33(29)19-31/h5-6,9-12,17,21,26H,1-4,7-8,13-16,18-19H2,(H,34,35)/t26-,31+/m0/s1. The molecule has 1 saturated heterocycles. The van der Waals surface area contributed by atoms with Crippen molar-refractivity contribution in [2.75, 3.05) is 26.3 Å². The molecule has 0 spiro atoms. The van der Waals surface area contributed by atoms with E-state index in [0.29, 0.717) is 17.4 Å². The Morgan fingerprint density at radius 2 is 1.83 bits per heavy atom. The molecule has 0 amide bonds. The predicted molar refractivity (Wildman–Crippen MR) is 141 cm³/mol. The summed E-state index contributed by atoms with van der Waals surface area (Å²) in [6, 6.07) is 14.8. The van der Waals surface area contributed by atoms with Crippen molar-refractivity contribution in [2.45, 2.75) is 56.9 Å². The minimum Gasteiger partial charge on any atom is -0.478 e. The van der Waals surface area contributed by atoms with Crippen LogP contribution in [0.15, 0.2) is 54.7 Å². The number of rotatable bonds is 4. The number of benzene rings is 2. The van der Waals surface area contributed by atoms with Crippen LogP contribution in [0.25, 0.3) is 22.2 Å². The number of allylic oxidation sites excluding steroid dienone is 1. The number of fused-ring (bicyclic) bond motifs is 7. The highest BCUT2D eigenvalue weighted by Crippen LogP contribution is 2.68. The molecular formula is C31H34N2O3.